The Kier molecular flexibility index (Phi) is 5.03. The average molecular weight is 495 g/mol. The van der Waals surface area contributed by atoms with Gasteiger partial charge < -0.3 is 14.2 Å². The van der Waals surface area contributed by atoms with E-state index in [-0.39, 0.29) is 32.1 Å². The van der Waals surface area contributed by atoms with Gasteiger partial charge in [0.1, 0.15) is 23.5 Å². The molecule has 30 heavy (non-hydrogen) atoms. The number of fused-ring (bicyclic) bond motifs is 1. The van der Waals surface area contributed by atoms with Gasteiger partial charge in [-0.15, -0.1) is 0 Å². The molecule has 0 aliphatic carbocycles. The molecule has 2 aromatic carbocycles. The van der Waals surface area contributed by atoms with Crippen LogP contribution < -0.4 is 14.6 Å². The highest BCUT2D eigenvalue weighted by Crippen LogP contribution is 2.40. The number of rotatable bonds is 5. The van der Waals surface area contributed by atoms with Gasteiger partial charge in [0.15, 0.2) is 5.82 Å². The fourth-order valence-corrected chi connectivity index (χ4v) is 4.59. The molecule has 0 aliphatic rings. The Balaban J connectivity index is 1.96. The van der Waals surface area contributed by atoms with E-state index in [0.29, 0.717) is 5.52 Å². The minimum Gasteiger partial charge on any atom is -0.494 e. The molecule has 0 atom stereocenters. The molecular weight excluding hydrogens is 483 g/mol. The van der Waals surface area contributed by atoms with Crippen LogP contribution in [-0.4, -0.2) is 30.7 Å². The molecule has 0 unspecified atom stereocenters. The molecule has 0 saturated carbocycles. The first-order chi connectivity index (χ1) is 14.3. The molecule has 0 spiro atoms. The molecule has 0 radical (unpaired) electrons. The van der Waals surface area contributed by atoms with Crippen LogP contribution >= 0.6 is 15.9 Å². The van der Waals surface area contributed by atoms with E-state index >= 15 is 0 Å². The first-order valence-corrected chi connectivity index (χ1v) is 10.5. The molecule has 4 rings (SSSR count). The fraction of sp³-hybridized carbons (Fsp3) is 0.0556. The second kappa shape index (κ2) is 7.54. The number of hydrogen-bond acceptors (Lipinski definition) is 7. The lowest BCUT2D eigenvalue weighted by molar-refractivity contribution is 0.412. The molecule has 154 valence electrons. The number of H-pyrrole nitrogens is 1. The largest absolute Gasteiger partial charge is 0.494 e. The third-order valence-corrected chi connectivity index (χ3v) is 6.48. The number of hydrogen-bond donors (Lipinski definition) is 1. The van der Waals surface area contributed by atoms with Crippen molar-refractivity contribution < 1.29 is 22.1 Å². The van der Waals surface area contributed by atoms with E-state index in [1.807, 2.05) is 0 Å². The number of nitrogens with zero attached hydrogens (tertiary/aromatic N) is 3. The second-order valence-electron chi connectivity index (χ2n) is 5.99. The summed E-state index contributed by atoms with van der Waals surface area (Å²) in [6.07, 6.45) is 2.23. The molecule has 12 heteroatoms. The van der Waals surface area contributed by atoms with Crippen LogP contribution in [0.15, 0.2) is 67.5 Å². The van der Waals surface area contributed by atoms with Crippen LogP contribution in [0, 0.1) is 5.82 Å². The van der Waals surface area contributed by atoms with E-state index < -0.39 is 21.4 Å². The molecule has 9 nitrogen and oxygen atoms in total. The van der Waals surface area contributed by atoms with Crippen LogP contribution in [0.2, 0.25) is 0 Å². The standard InChI is InChI=1S/C18H12BrFN4O5S/c1-28-16-7-11(19)12(20)8-15(16)24(17-4-5-29-23-17)30(26,27)10-2-3-13-14(6-10)21-9-18(25)22-13/h2-9H,1H3,(H,22,25). The smallest absolute Gasteiger partial charge is 0.270 e. The maximum atomic E-state index is 14.3. The lowest BCUT2D eigenvalue weighted by atomic mass is 10.3. The number of sulfonamides is 1. The third kappa shape index (κ3) is 3.44. The quantitative estimate of drug-likeness (QED) is 0.451. The number of methoxy groups -OCH3 is 1. The lowest BCUT2D eigenvalue weighted by Gasteiger charge is -2.24. The van der Waals surface area contributed by atoms with Crippen LogP contribution in [0.25, 0.3) is 11.0 Å². The summed E-state index contributed by atoms with van der Waals surface area (Å²) in [6.45, 7) is 0. The van der Waals surface area contributed by atoms with Crippen molar-refractivity contribution in [3.05, 3.63) is 69.5 Å². The third-order valence-electron chi connectivity index (χ3n) is 4.16. The van der Waals surface area contributed by atoms with E-state index in [1.165, 1.54) is 43.7 Å². The highest BCUT2D eigenvalue weighted by Gasteiger charge is 2.32. The van der Waals surface area contributed by atoms with E-state index in [4.69, 9.17) is 9.26 Å². The Morgan fingerprint density at radius 2 is 2.03 bits per heavy atom. The number of aromatic amines is 1. The molecule has 0 fully saturated rings. The molecule has 0 amide bonds. The number of aromatic nitrogens is 3. The number of ether oxygens (including phenoxy) is 1. The summed E-state index contributed by atoms with van der Waals surface area (Å²) in [4.78, 5) is 17.8. The summed E-state index contributed by atoms with van der Waals surface area (Å²) in [5, 5.41) is 3.71. The molecule has 0 bridgehead atoms. The van der Waals surface area contributed by atoms with Gasteiger partial charge in [-0.3, -0.25) is 4.79 Å². The van der Waals surface area contributed by atoms with Gasteiger partial charge >= 0.3 is 0 Å². The minimum atomic E-state index is -4.32. The van der Waals surface area contributed by atoms with Gasteiger partial charge in [0.25, 0.3) is 15.6 Å². The molecular formula is C18H12BrFN4O5S. The number of nitrogens with one attached hydrogen (secondary N) is 1. The molecule has 4 aromatic rings. The van der Waals surface area contributed by atoms with Crippen LogP contribution in [0.5, 0.6) is 5.75 Å². The number of halogens is 2. The molecule has 0 aliphatic heterocycles. The van der Waals surface area contributed by atoms with E-state index in [9.17, 15) is 17.6 Å². The zero-order chi connectivity index (χ0) is 21.5. The van der Waals surface area contributed by atoms with Crippen molar-refractivity contribution in [2.24, 2.45) is 0 Å². The second-order valence-corrected chi connectivity index (χ2v) is 8.63. The van der Waals surface area contributed by atoms with Crippen molar-refractivity contribution in [2.45, 2.75) is 4.90 Å². The summed E-state index contributed by atoms with van der Waals surface area (Å²) < 4.78 is 52.4. The van der Waals surface area contributed by atoms with E-state index in [1.54, 1.807) is 0 Å². The summed E-state index contributed by atoms with van der Waals surface area (Å²) in [5.41, 5.74) is 0.0884. The Labute approximate surface area is 177 Å². The Hall–Kier alpha value is -3.25. The van der Waals surface area contributed by atoms with Crippen molar-refractivity contribution in [2.75, 3.05) is 11.4 Å². The zero-order valence-corrected chi connectivity index (χ0v) is 17.6. The molecule has 2 aromatic heterocycles. The Morgan fingerprint density at radius 3 is 2.73 bits per heavy atom. The van der Waals surface area contributed by atoms with Gasteiger partial charge in [-0.2, -0.15) is 0 Å². The SMILES string of the molecule is COc1cc(Br)c(F)cc1N(c1ccon1)S(=O)(=O)c1ccc2[nH]c(=O)cnc2c1. The predicted molar refractivity (Wildman–Crippen MR) is 109 cm³/mol. The maximum Gasteiger partial charge on any atom is 0.270 e. The van der Waals surface area contributed by atoms with Crippen molar-refractivity contribution in [1.82, 2.24) is 15.1 Å². The number of benzene rings is 2. The van der Waals surface area contributed by atoms with Gasteiger partial charge in [-0.1, -0.05) is 5.16 Å². The summed E-state index contributed by atoms with van der Waals surface area (Å²) >= 11 is 3.05. The average Bonchev–Trinajstić information content (AvgIpc) is 3.24. The zero-order valence-electron chi connectivity index (χ0n) is 15.2. The van der Waals surface area contributed by atoms with Crippen molar-refractivity contribution in [3.8, 4) is 5.75 Å². The van der Waals surface area contributed by atoms with Crippen molar-refractivity contribution in [3.63, 3.8) is 0 Å². The van der Waals surface area contributed by atoms with Gasteiger partial charge in [0.2, 0.25) is 0 Å². The predicted octanol–water partition coefficient (Wildman–Crippen LogP) is 3.35. The Bertz CT molecular complexity index is 1410. The summed E-state index contributed by atoms with van der Waals surface area (Å²) in [6, 6.07) is 7.62. The van der Waals surface area contributed by atoms with Crippen LogP contribution in [0.3, 0.4) is 0 Å². The van der Waals surface area contributed by atoms with Gasteiger partial charge in [0, 0.05) is 12.1 Å². The summed E-state index contributed by atoms with van der Waals surface area (Å²) in [5.74, 6) is -0.727. The van der Waals surface area contributed by atoms with Gasteiger partial charge in [-0.05, 0) is 40.2 Å². The van der Waals surface area contributed by atoms with E-state index in [0.717, 1.165) is 16.6 Å². The van der Waals surface area contributed by atoms with Crippen LogP contribution in [0.4, 0.5) is 15.9 Å². The van der Waals surface area contributed by atoms with Gasteiger partial charge in [0.05, 0.1) is 33.7 Å². The first kappa shape index (κ1) is 20.0. The highest BCUT2D eigenvalue weighted by atomic mass is 79.9. The normalized spacial score (nSPS) is 11.6. The molecule has 0 saturated heterocycles. The summed E-state index contributed by atoms with van der Waals surface area (Å²) in [7, 11) is -3.00. The molecule has 1 N–H and O–H groups in total. The van der Waals surface area contributed by atoms with Crippen molar-refractivity contribution >= 4 is 48.5 Å². The van der Waals surface area contributed by atoms with Gasteiger partial charge in [-0.25, -0.2) is 22.1 Å². The van der Waals surface area contributed by atoms with Crippen LogP contribution in [0.1, 0.15) is 0 Å². The lowest BCUT2D eigenvalue weighted by Crippen LogP contribution is -2.27. The van der Waals surface area contributed by atoms with Crippen LogP contribution in [-0.2, 0) is 10.0 Å². The highest BCUT2D eigenvalue weighted by molar-refractivity contribution is 9.10. The monoisotopic (exact) mass is 494 g/mol. The fourth-order valence-electron chi connectivity index (χ4n) is 2.81. The topological polar surface area (TPSA) is 118 Å². The van der Waals surface area contributed by atoms with E-state index in [2.05, 4.69) is 31.1 Å². The molecule has 2 heterocycles. The maximum absolute atomic E-state index is 14.3. The Morgan fingerprint density at radius 1 is 1.23 bits per heavy atom. The number of anilines is 2. The first-order valence-electron chi connectivity index (χ1n) is 8.29. The van der Waals surface area contributed by atoms with Crippen molar-refractivity contribution in [1.29, 1.82) is 0 Å². The minimum absolute atomic E-state index is 0.0816.